The molecule has 0 fully saturated rings. The smallest absolute Gasteiger partial charge is 0.192 e. The third kappa shape index (κ3) is 3.40. The molecule has 1 N–H and O–H groups in total. The molecule has 0 spiro atoms. The SMILES string of the molecule is COc1ccccc1/C=N\OCc1nc2c3c(C)c(C)n(CCO)c3ncn2n1. The molecule has 0 aliphatic carbocycles. The summed E-state index contributed by atoms with van der Waals surface area (Å²) in [6, 6.07) is 7.54. The molecule has 0 saturated carbocycles. The third-order valence-electron chi connectivity index (χ3n) is 4.91. The van der Waals surface area contributed by atoms with Crippen molar-refractivity contribution in [3.8, 4) is 5.75 Å². The zero-order valence-corrected chi connectivity index (χ0v) is 16.5. The molecular weight excluding hydrogens is 372 g/mol. The number of hydrogen-bond donors (Lipinski definition) is 1. The van der Waals surface area contributed by atoms with E-state index in [1.54, 1.807) is 24.2 Å². The predicted octanol–water partition coefficient (Wildman–Crippen LogP) is 2.25. The zero-order valence-electron chi connectivity index (χ0n) is 16.5. The van der Waals surface area contributed by atoms with Crippen LogP contribution in [0, 0.1) is 13.8 Å². The summed E-state index contributed by atoms with van der Waals surface area (Å²) in [7, 11) is 1.61. The Morgan fingerprint density at radius 3 is 2.83 bits per heavy atom. The minimum atomic E-state index is 0.0485. The lowest BCUT2D eigenvalue weighted by Gasteiger charge is -2.04. The van der Waals surface area contributed by atoms with Crippen LogP contribution in [0.2, 0.25) is 0 Å². The highest BCUT2D eigenvalue weighted by Gasteiger charge is 2.17. The summed E-state index contributed by atoms with van der Waals surface area (Å²) in [6.45, 7) is 4.70. The standard InChI is InChI=1S/C20H22N6O3/c1-13-14(2)25(8-9-27)19-18(13)20-23-17(24-26(20)12-21-19)11-29-22-10-15-6-4-5-7-16(15)28-3/h4-7,10,12,27H,8-9,11H2,1-3H3/b22-10-. The predicted molar refractivity (Wildman–Crippen MR) is 108 cm³/mol. The Hall–Kier alpha value is -3.46. The van der Waals surface area contributed by atoms with Crippen molar-refractivity contribution in [2.24, 2.45) is 5.16 Å². The van der Waals surface area contributed by atoms with Crippen LogP contribution in [0.5, 0.6) is 5.75 Å². The van der Waals surface area contributed by atoms with Gasteiger partial charge in [0.2, 0.25) is 0 Å². The number of para-hydroxylation sites is 1. The molecule has 3 heterocycles. The fourth-order valence-electron chi connectivity index (χ4n) is 3.37. The van der Waals surface area contributed by atoms with Crippen LogP contribution in [0.15, 0.2) is 35.7 Å². The van der Waals surface area contributed by atoms with Gasteiger partial charge in [0, 0.05) is 17.8 Å². The maximum atomic E-state index is 9.35. The molecule has 29 heavy (non-hydrogen) atoms. The molecule has 0 saturated heterocycles. The van der Waals surface area contributed by atoms with E-state index < -0.39 is 0 Å². The number of ether oxygens (including phenoxy) is 1. The van der Waals surface area contributed by atoms with Gasteiger partial charge < -0.3 is 19.2 Å². The van der Waals surface area contributed by atoms with E-state index >= 15 is 0 Å². The molecule has 9 nitrogen and oxygen atoms in total. The summed E-state index contributed by atoms with van der Waals surface area (Å²) >= 11 is 0. The summed E-state index contributed by atoms with van der Waals surface area (Å²) < 4.78 is 8.91. The van der Waals surface area contributed by atoms with E-state index in [0.717, 1.165) is 33.6 Å². The molecule has 0 unspecified atom stereocenters. The zero-order chi connectivity index (χ0) is 20.4. The number of rotatable bonds is 7. The minimum Gasteiger partial charge on any atom is -0.496 e. The summed E-state index contributed by atoms with van der Waals surface area (Å²) in [5, 5.41) is 18.7. The number of oxime groups is 1. The molecule has 0 atom stereocenters. The first-order chi connectivity index (χ1) is 14.1. The number of aliphatic hydroxyl groups excluding tert-OH is 1. The molecule has 3 aromatic heterocycles. The molecule has 1 aromatic carbocycles. The molecule has 9 heteroatoms. The lowest BCUT2D eigenvalue weighted by molar-refractivity contribution is 0.126. The van der Waals surface area contributed by atoms with E-state index in [4.69, 9.17) is 9.57 Å². The molecular formula is C20H22N6O3. The Balaban J connectivity index is 1.58. The number of hydrogen-bond acceptors (Lipinski definition) is 7. The number of aryl methyl sites for hydroxylation is 1. The lowest BCUT2D eigenvalue weighted by atomic mass is 10.2. The molecule has 150 valence electrons. The van der Waals surface area contributed by atoms with Crippen LogP contribution in [-0.4, -0.2) is 49.2 Å². The van der Waals surface area contributed by atoms with Crippen molar-refractivity contribution in [1.82, 2.24) is 24.1 Å². The second kappa shape index (κ2) is 7.88. The Morgan fingerprint density at radius 1 is 1.21 bits per heavy atom. The van der Waals surface area contributed by atoms with Crippen LogP contribution in [0.1, 0.15) is 22.6 Å². The Bertz CT molecular complexity index is 1190. The van der Waals surface area contributed by atoms with Gasteiger partial charge in [-0.3, -0.25) is 0 Å². The molecule has 4 rings (SSSR count). The van der Waals surface area contributed by atoms with Crippen LogP contribution in [0.25, 0.3) is 16.7 Å². The maximum Gasteiger partial charge on any atom is 0.192 e. The highest BCUT2D eigenvalue weighted by atomic mass is 16.6. The van der Waals surface area contributed by atoms with E-state index in [2.05, 4.69) is 20.2 Å². The summed E-state index contributed by atoms with van der Waals surface area (Å²) in [5.41, 5.74) is 4.44. The van der Waals surface area contributed by atoms with Gasteiger partial charge in [0.1, 0.15) is 17.7 Å². The van der Waals surface area contributed by atoms with Crippen molar-refractivity contribution >= 4 is 22.9 Å². The van der Waals surface area contributed by atoms with E-state index in [-0.39, 0.29) is 13.2 Å². The number of aromatic nitrogens is 5. The van der Waals surface area contributed by atoms with Crippen molar-refractivity contribution in [3.05, 3.63) is 53.2 Å². The summed E-state index contributed by atoms with van der Waals surface area (Å²) in [6.07, 6.45) is 3.22. The van der Waals surface area contributed by atoms with E-state index in [1.807, 2.05) is 42.7 Å². The van der Waals surface area contributed by atoms with Gasteiger partial charge in [-0.15, -0.1) is 5.10 Å². The summed E-state index contributed by atoms with van der Waals surface area (Å²) in [5.74, 6) is 1.22. The van der Waals surface area contributed by atoms with Crippen LogP contribution in [0.3, 0.4) is 0 Å². The van der Waals surface area contributed by atoms with Crippen molar-refractivity contribution in [2.45, 2.75) is 27.0 Å². The Labute approximate surface area is 167 Å². The maximum absolute atomic E-state index is 9.35. The molecule has 0 aliphatic rings. The van der Waals surface area contributed by atoms with Crippen LogP contribution in [-0.2, 0) is 18.0 Å². The van der Waals surface area contributed by atoms with Gasteiger partial charge in [0.15, 0.2) is 18.1 Å². The van der Waals surface area contributed by atoms with Crippen LogP contribution < -0.4 is 4.74 Å². The van der Waals surface area contributed by atoms with E-state index in [1.165, 1.54) is 0 Å². The van der Waals surface area contributed by atoms with Gasteiger partial charge >= 0.3 is 0 Å². The number of aliphatic hydroxyl groups is 1. The van der Waals surface area contributed by atoms with E-state index in [0.29, 0.717) is 18.0 Å². The first-order valence-electron chi connectivity index (χ1n) is 9.23. The average Bonchev–Trinajstić information content (AvgIpc) is 3.26. The monoisotopic (exact) mass is 394 g/mol. The molecule has 0 amide bonds. The topological polar surface area (TPSA) is 99.1 Å². The van der Waals surface area contributed by atoms with Crippen molar-refractivity contribution < 1.29 is 14.7 Å². The Morgan fingerprint density at radius 2 is 2.03 bits per heavy atom. The second-order valence-corrected chi connectivity index (χ2v) is 6.57. The highest BCUT2D eigenvalue weighted by Crippen LogP contribution is 2.26. The van der Waals surface area contributed by atoms with Gasteiger partial charge in [-0.05, 0) is 31.5 Å². The van der Waals surface area contributed by atoms with Gasteiger partial charge in [0.25, 0.3) is 0 Å². The van der Waals surface area contributed by atoms with E-state index in [9.17, 15) is 5.11 Å². The number of benzene rings is 1. The second-order valence-electron chi connectivity index (χ2n) is 6.57. The van der Waals surface area contributed by atoms with Gasteiger partial charge in [-0.2, -0.15) is 0 Å². The Kier molecular flexibility index (Phi) is 5.13. The molecule has 0 radical (unpaired) electrons. The molecule has 4 aromatic rings. The number of methoxy groups -OCH3 is 1. The largest absolute Gasteiger partial charge is 0.496 e. The molecule has 0 aliphatic heterocycles. The fraction of sp³-hybridized carbons (Fsp3) is 0.300. The van der Waals surface area contributed by atoms with Gasteiger partial charge in [0.05, 0.1) is 25.3 Å². The van der Waals surface area contributed by atoms with Crippen molar-refractivity contribution in [3.63, 3.8) is 0 Å². The normalized spacial score (nSPS) is 11.7. The fourth-order valence-corrected chi connectivity index (χ4v) is 3.37. The van der Waals surface area contributed by atoms with Gasteiger partial charge in [-0.25, -0.2) is 14.5 Å². The van der Waals surface area contributed by atoms with Gasteiger partial charge in [-0.1, -0.05) is 17.3 Å². The number of fused-ring (bicyclic) bond motifs is 3. The third-order valence-corrected chi connectivity index (χ3v) is 4.91. The average molecular weight is 394 g/mol. The minimum absolute atomic E-state index is 0.0485. The molecule has 0 bridgehead atoms. The summed E-state index contributed by atoms with van der Waals surface area (Å²) in [4.78, 5) is 14.5. The van der Waals surface area contributed by atoms with Crippen LogP contribution in [0.4, 0.5) is 0 Å². The first kappa shape index (κ1) is 18.9. The van der Waals surface area contributed by atoms with Crippen LogP contribution >= 0.6 is 0 Å². The van der Waals surface area contributed by atoms with Crippen molar-refractivity contribution in [2.75, 3.05) is 13.7 Å². The first-order valence-corrected chi connectivity index (χ1v) is 9.23. The lowest BCUT2D eigenvalue weighted by Crippen LogP contribution is -2.05. The number of nitrogens with zero attached hydrogens (tertiary/aromatic N) is 6. The quantitative estimate of drug-likeness (QED) is 0.381. The van der Waals surface area contributed by atoms with Crippen molar-refractivity contribution in [1.29, 1.82) is 0 Å². The highest BCUT2D eigenvalue weighted by molar-refractivity contribution is 5.93.